The fourth-order valence-electron chi connectivity index (χ4n) is 4.77. The van der Waals surface area contributed by atoms with Gasteiger partial charge in [-0.3, -0.25) is 4.79 Å². The normalized spacial score (nSPS) is 12.0. The molecule has 0 unspecified atom stereocenters. The predicted octanol–water partition coefficient (Wildman–Crippen LogP) is 5.32. The zero-order valence-corrected chi connectivity index (χ0v) is 27.1. The lowest BCUT2D eigenvalue weighted by Gasteiger charge is -2.43. The first-order chi connectivity index (χ1) is 22.0. The monoisotopic (exact) mass is 670 g/mol. The fourth-order valence-corrected chi connectivity index (χ4v) is 9.32. The van der Waals surface area contributed by atoms with E-state index in [2.05, 4.69) is 49.8 Å². The van der Waals surface area contributed by atoms with Gasteiger partial charge in [-0.2, -0.15) is 8.78 Å². The molecule has 3 aromatic carbocycles. The Balaban J connectivity index is 1.25. The third-order valence-electron chi connectivity index (χ3n) is 6.92. The molecule has 0 radical (unpaired) electrons. The summed E-state index contributed by atoms with van der Waals surface area (Å²) in [6, 6.07) is 20.7. The zero-order chi connectivity index (χ0) is 33.6. The second-order valence-electron chi connectivity index (χ2n) is 11.1. The van der Waals surface area contributed by atoms with Gasteiger partial charge >= 0.3 is 5.97 Å². The summed E-state index contributed by atoms with van der Waals surface area (Å²) in [7, 11) is -2.61. The van der Waals surface area contributed by atoms with Gasteiger partial charge in [-0.1, -0.05) is 81.4 Å². The van der Waals surface area contributed by atoms with Crippen LogP contribution >= 0.6 is 0 Å². The number of carbonyl (C=O) groups excluding carboxylic acids is 1. The largest absolute Gasteiger partial charge is 0.420 e. The van der Waals surface area contributed by atoms with Gasteiger partial charge in [0.25, 0.3) is 8.32 Å². The lowest BCUT2D eigenvalue weighted by Crippen LogP contribution is -2.66. The van der Waals surface area contributed by atoms with Crippen LogP contribution in [0.1, 0.15) is 27.2 Å². The van der Waals surface area contributed by atoms with E-state index in [-0.39, 0.29) is 31.5 Å². The number of esters is 1. The molecule has 252 valence electrons. The summed E-state index contributed by atoms with van der Waals surface area (Å²) in [5.41, 5.74) is 0. The summed E-state index contributed by atoms with van der Waals surface area (Å²) in [6.07, 6.45) is -0.481. The van der Waals surface area contributed by atoms with Crippen molar-refractivity contribution in [1.82, 2.24) is 0 Å². The smallest absolute Gasteiger partial charge is 0.313 e. The van der Waals surface area contributed by atoms with Gasteiger partial charge in [0.2, 0.25) is 34.8 Å². The molecule has 3 aromatic rings. The number of hydrogen-bond donors (Lipinski definition) is 0. The van der Waals surface area contributed by atoms with Crippen molar-refractivity contribution in [2.75, 3.05) is 59.5 Å². The van der Waals surface area contributed by atoms with E-state index >= 15 is 0 Å². The molecule has 0 saturated carbocycles. The van der Waals surface area contributed by atoms with E-state index in [0.717, 1.165) is 0 Å². The maximum atomic E-state index is 13.6. The Morgan fingerprint density at radius 1 is 0.565 bits per heavy atom. The number of rotatable bonds is 19. The minimum absolute atomic E-state index is 0.0876. The predicted molar refractivity (Wildman–Crippen MR) is 163 cm³/mol. The maximum absolute atomic E-state index is 13.6. The molecule has 0 aromatic heterocycles. The molecule has 0 N–H and O–H groups in total. The van der Waals surface area contributed by atoms with Crippen molar-refractivity contribution in [1.29, 1.82) is 0 Å². The summed E-state index contributed by atoms with van der Waals surface area (Å²) >= 11 is 0. The molecule has 0 heterocycles. The Morgan fingerprint density at radius 2 is 0.935 bits per heavy atom. The molecule has 13 heteroatoms. The Kier molecular flexibility index (Phi) is 14.8. The van der Waals surface area contributed by atoms with E-state index in [1.54, 1.807) is 0 Å². The minimum Gasteiger partial charge on any atom is -0.420 e. The van der Waals surface area contributed by atoms with E-state index in [0.29, 0.717) is 33.0 Å². The van der Waals surface area contributed by atoms with Gasteiger partial charge in [-0.25, -0.2) is 13.2 Å². The first-order valence-corrected chi connectivity index (χ1v) is 16.7. The van der Waals surface area contributed by atoms with Crippen LogP contribution in [0.2, 0.25) is 5.04 Å². The Hall–Kier alpha value is -3.20. The van der Waals surface area contributed by atoms with Crippen molar-refractivity contribution in [3.63, 3.8) is 0 Å². The Bertz CT molecular complexity index is 1310. The quantitative estimate of drug-likeness (QED) is 0.0325. The number of hydrogen-bond acceptors (Lipinski definition) is 7. The highest BCUT2D eigenvalue weighted by Crippen LogP contribution is 2.36. The number of benzene rings is 3. The van der Waals surface area contributed by atoms with Crippen LogP contribution in [-0.2, 0) is 28.2 Å². The van der Waals surface area contributed by atoms with Crippen molar-refractivity contribution in [3.8, 4) is 5.75 Å². The average molecular weight is 671 g/mol. The number of carbonyl (C=O) groups is 1. The van der Waals surface area contributed by atoms with E-state index in [1.807, 2.05) is 36.4 Å². The summed E-state index contributed by atoms with van der Waals surface area (Å²) in [5, 5.41) is 2.29. The Morgan fingerprint density at radius 3 is 1.35 bits per heavy atom. The molecule has 46 heavy (non-hydrogen) atoms. The van der Waals surface area contributed by atoms with Gasteiger partial charge in [0, 0.05) is 0 Å². The van der Waals surface area contributed by atoms with Gasteiger partial charge in [-0.15, -0.1) is 0 Å². The summed E-state index contributed by atoms with van der Waals surface area (Å²) in [4.78, 5) is 11.7. The van der Waals surface area contributed by atoms with Crippen molar-refractivity contribution in [2.24, 2.45) is 0 Å². The molecular weight excluding hydrogens is 631 g/mol. The number of halogens is 5. The van der Waals surface area contributed by atoms with Crippen LogP contribution in [0.4, 0.5) is 22.0 Å². The Labute approximate surface area is 266 Å². The van der Waals surface area contributed by atoms with Crippen LogP contribution in [0.5, 0.6) is 5.75 Å². The van der Waals surface area contributed by atoms with Crippen molar-refractivity contribution < 1.29 is 54.9 Å². The molecule has 0 atom stereocenters. The molecule has 0 aliphatic rings. The first kappa shape index (κ1) is 37.3. The molecule has 0 saturated heterocycles. The van der Waals surface area contributed by atoms with Crippen LogP contribution in [0.25, 0.3) is 0 Å². The van der Waals surface area contributed by atoms with Gasteiger partial charge in [0.15, 0.2) is 0 Å². The number of ether oxygens (including phenoxy) is 5. The summed E-state index contributed by atoms with van der Waals surface area (Å²) in [5.74, 6) is -14.1. The second kappa shape index (κ2) is 18.2. The lowest BCUT2D eigenvalue weighted by atomic mass is 10.2. The van der Waals surface area contributed by atoms with Crippen LogP contribution in [-0.4, -0.2) is 73.7 Å². The van der Waals surface area contributed by atoms with Crippen molar-refractivity contribution in [3.05, 3.63) is 89.7 Å². The molecule has 0 aliphatic carbocycles. The van der Waals surface area contributed by atoms with Gasteiger partial charge < -0.3 is 28.1 Å². The van der Waals surface area contributed by atoms with E-state index in [1.165, 1.54) is 10.4 Å². The van der Waals surface area contributed by atoms with Crippen molar-refractivity contribution in [2.45, 2.75) is 32.2 Å². The van der Waals surface area contributed by atoms with Crippen LogP contribution in [0.15, 0.2) is 60.7 Å². The van der Waals surface area contributed by atoms with Crippen LogP contribution in [0.3, 0.4) is 0 Å². The molecule has 0 amide bonds. The summed E-state index contributed by atoms with van der Waals surface area (Å²) < 4.78 is 99.5. The van der Waals surface area contributed by atoms with E-state index < -0.39 is 55.5 Å². The fraction of sp³-hybridized carbons (Fsp3) is 0.424. The van der Waals surface area contributed by atoms with Crippen molar-refractivity contribution >= 4 is 24.7 Å². The molecular formula is C33H39F5O7Si. The standard InChI is InChI=1S/C33H39F5O7Si/c1-33(2,3)46(24-10-6-4-7-11-24,25-12-8-5-9-13-25)44-23-22-43-21-20-42-19-18-41-17-16-40-15-14-26(39)45-32-30(37)28(35)27(34)29(36)31(32)38/h4-13H,14-23H2,1-3H3. The molecule has 0 bridgehead atoms. The highest BCUT2D eigenvalue weighted by Gasteiger charge is 2.50. The molecule has 3 rings (SSSR count). The molecule has 0 spiro atoms. The average Bonchev–Trinajstić information content (AvgIpc) is 3.05. The highest BCUT2D eigenvalue weighted by molar-refractivity contribution is 6.99. The van der Waals surface area contributed by atoms with Gasteiger partial charge in [0.05, 0.1) is 65.9 Å². The molecule has 0 fully saturated rings. The lowest BCUT2D eigenvalue weighted by molar-refractivity contribution is -0.136. The third kappa shape index (κ3) is 9.90. The topological polar surface area (TPSA) is 72.5 Å². The molecule has 7 nitrogen and oxygen atoms in total. The zero-order valence-electron chi connectivity index (χ0n) is 26.1. The van der Waals surface area contributed by atoms with E-state index in [9.17, 15) is 26.7 Å². The minimum atomic E-state index is -2.61. The molecule has 0 aliphatic heterocycles. The SMILES string of the molecule is CC(C)(C)[Si](OCCOCCOCCOCCOCCC(=O)Oc1c(F)c(F)c(F)c(F)c1F)(c1ccccc1)c1ccccc1. The van der Waals surface area contributed by atoms with Gasteiger partial charge in [0.1, 0.15) is 0 Å². The highest BCUT2D eigenvalue weighted by atomic mass is 28.4. The summed E-state index contributed by atoms with van der Waals surface area (Å²) in [6.45, 7) is 8.89. The first-order valence-electron chi connectivity index (χ1n) is 14.8. The van der Waals surface area contributed by atoms with E-state index in [4.69, 9.17) is 23.4 Å². The maximum Gasteiger partial charge on any atom is 0.313 e. The third-order valence-corrected chi connectivity index (χ3v) is 12.0. The van der Waals surface area contributed by atoms with Gasteiger partial charge in [-0.05, 0) is 15.4 Å². The van der Waals surface area contributed by atoms with Crippen LogP contribution in [0, 0.1) is 29.1 Å². The van der Waals surface area contributed by atoms with Crippen LogP contribution < -0.4 is 15.1 Å². The second-order valence-corrected chi connectivity index (χ2v) is 15.4.